The van der Waals surface area contributed by atoms with Crippen molar-refractivity contribution in [1.29, 1.82) is 0 Å². The van der Waals surface area contributed by atoms with E-state index in [1.165, 1.54) is 17.1 Å². The van der Waals surface area contributed by atoms with Gasteiger partial charge >= 0.3 is 0 Å². The average Bonchev–Trinajstić information content (AvgIpc) is 3.10. The number of aromatic hydroxyl groups is 1. The number of anilines is 1. The molecular formula is C24H21ClFN5O2. The van der Waals surface area contributed by atoms with Crippen molar-refractivity contribution in [2.24, 2.45) is 15.2 Å². The number of para-hydroxylation sites is 1. The van der Waals surface area contributed by atoms with Crippen LogP contribution in [0, 0.1) is 6.92 Å². The molecule has 1 fully saturated rings. The lowest BCUT2D eigenvalue weighted by atomic mass is 10.1. The normalized spacial score (nSPS) is 18.2. The fraction of sp³-hybridized carbons (Fsp3) is 0.167. The third-order valence-corrected chi connectivity index (χ3v) is 5.12. The molecule has 2 unspecified atom stereocenters. The molecule has 4 rings (SSSR count). The molecule has 1 aliphatic rings. The smallest absolute Gasteiger partial charge is 0.280 e. The number of nitrogens with one attached hydrogen (secondary N) is 1. The molecule has 2 N–H and O–H groups in total. The van der Waals surface area contributed by atoms with Gasteiger partial charge in [0.2, 0.25) is 6.04 Å². The zero-order chi connectivity index (χ0) is 23.4. The summed E-state index contributed by atoms with van der Waals surface area (Å²) in [4.78, 5) is 17.9. The number of halogens is 2. The summed E-state index contributed by atoms with van der Waals surface area (Å²) in [6.07, 6.45) is -0.0622. The number of phenols is 1. The molecule has 2 atom stereocenters. The SMILES string of the molecule is Cc1ccc(N=C2NN(c3ccccc3CC(F)Cl)C(=O)C2N=Nc2ccc(O)cc2)cc1. The van der Waals surface area contributed by atoms with Crippen LogP contribution in [-0.2, 0) is 11.2 Å². The van der Waals surface area contributed by atoms with Crippen molar-refractivity contribution in [1.82, 2.24) is 5.43 Å². The molecule has 0 aromatic heterocycles. The number of hydrazine groups is 1. The van der Waals surface area contributed by atoms with Gasteiger partial charge in [-0.1, -0.05) is 47.5 Å². The van der Waals surface area contributed by atoms with Gasteiger partial charge in [-0.2, -0.15) is 10.2 Å². The van der Waals surface area contributed by atoms with Gasteiger partial charge in [-0.05, 0) is 55.0 Å². The molecule has 1 heterocycles. The largest absolute Gasteiger partial charge is 0.508 e. The summed E-state index contributed by atoms with van der Waals surface area (Å²) in [5.41, 5.74) is 4.63. The van der Waals surface area contributed by atoms with Gasteiger partial charge < -0.3 is 5.11 Å². The van der Waals surface area contributed by atoms with Gasteiger partial charge in [0, 0.05) is 6.42 Å². The topological polar surface area (TPSA) is 89.7 Å². The van der Waals surface area contributed by atoms with Crippen LogP contribution in [0.1, 0.15) is 11.1 Å². The van der Waals surface area contributed by atoms with Gasteiger partial charge in [-0.25, -0.2) is 14.4 Å². The predicted octanol–water partition coefficient (Wildman–Crippen LogP) is 5.51. The first-order valence-corrected chi connectivity index (χ1v) is 10.7. The highest BCUT2D eigenvalue weighted by Gasteiger charge is 2.39. The summed E-state index contributed by atoms with van der Waals surface area (Å²) >= 11 is 5.57. The molecule has 0 radical (unpaired) electrons. The number of aliphatic imine (C=N–C) groups is 1. The Bertz CT molecular complexity index is 1200. The molecule has 1 aliphatic heterocycles. The average molecular weight is 466 g/mol. The molecular weight excluding hydrogens is 445 g/mol. The minimum absolute atomic E-state index is 0.0622. The summed E-state index contributed by atoms with van der Waals surface area (Å²) in [5.74, 6) is -0.0351. The molecule has 3 aromatic rings. The second kappa shape index (κ2) is 9.79. The number of azo groups is 1. The number of nitrogens with zero attached hydrogens (tertiary/aromatic N) is 4. The number of carbonyl (C=O) groups is 1. The monoisotopic (exact) mass is 465 g/mol. The Labute approximate surface area is 195 Å². The van der Waals surface area contributed by atoms with Crippen LogP contribution in [0.3, 0.4) is 0 Å². The lowest BCUT2D eigenvalue weighted by Crippen LogP contribution is -2.36. The third-order valence-electron chi connectivity index (χ3n) is 4.97. The first kappa shape index (κ1) is 22.4. The zero-order valence-electron chi connectivity index (χ0n) is 17.7. The summed E-state index contributed by atoms with van der Waals surface area (Å²) in [7, 11) is 0. The van der Waals surface area contributed by atoms with E-state index in [2.05, 4.69) is 20.6 Å². The number of amides is 1. The van der Waals surface area contributed by atoms with E-state index in [4.69, 9.17) is 11.6 Å². The summed E-state index contributed by atoms with van der Waals surface area (Å²) < 4.78 is 13.5. The molecule has 0 bridgehead atoms. The Hall–Kier alpha value is -3.78. The zero-order valence-corrected chi connectivity index (χ0v) is 18.4. The quantitative estimate of drug-likeness (QED) is 0.371. The highest BCUT2D eigenvalue weighted by atomic mass is 35.5. The summed E-state index contributed by atoms with van der Waals surface area (Å²) in [5, 5.41) is 19.1. The molecule has 0 aliphatic carbocycles. The highest BCUT2D eigenvalue weighted by molar-refractivity contribution is 6.21. The van der Waals surface area contributed by atoms with Crippen molar-refractivity contribution < 1.29 is 14.3 Å². The van der Waals surface area contributed by atoms with E-state index in [-0.39, 0.29) is 18.0 Å². The predicted molar refractivity (Wildman–Crippen MR) is 126 cm³/mol. The summed E-state index contributed by atoms with van der Waals surface area (Å²) in [6.45, 7) is 1.97. The second-order valence-electron chi connectivity index (χ2n) is 7.48. The standard InChI is InChI=1S/C24H21ClFN5O2/c1-15-6-8-17(9-7-15)27-23-22(29-28-18-10-12-19(32)13-11-18)24(33)31(30-23)20-5-3-2-4-16(20)14-21(25)26/h2-13,21-22,32H,14H2,1H3,(H,27,30). The number of amidine groups is 1. The Balaban J connectivity index is 1.71. The first-order chi connectivity index (χ1) is 15.9. The Morgan fingerprint density at radius 3 is 2.42 bits per heavy atom. The van der Waals surface area contributed by atoms with Gasteiger partial charge in [-0.3, -0.25) is 10.2 Å². The van der Waals surface area contributed by atoms with Crippen LogP contribution in [0.4, 0.5) is 21.5 Å². The van der Waals surface area contributed by atoms with Gasteiger partial charge in [0.15, 0.2) is 11.5 Å². The van der Waals surface area contributed by atoms with Gasteiger partial charge in [0.05, 0.1) is 17.1 Å². The van der Waals surface area contributed by atoms with Crippen molar-refractivity contribution in [3.05, 3.63) is 83.9 Å². The molecule has 7 nitrogen and oxygen atoms in total. The molecule has 168 valence electrons. The van der Waals surface area contributed by atoms with E-state index in [0.717, 1.165) is 5.56 Å². The molecule has 0 spiro atoms. The van der Waals surface area contributed by atoms with Crippen LogP contribution in [0.25, 0.3) is 0 Å². The number of phenolic OH excluding ortho intramolecular Hbond substituents is 1. The van der Waals surface area contributed by atoms with Crippen LogP contribution in [-0.4, -0.2) is 28.5 Å². The Morgan fingerprint density at radius 2 is 1.73 bits per heavy atom. The van der Waals surface area contributed by atoms with E-state index in [1.807, 2.05) is 31.2 Å². The Morgan fingerprint density at radius 1 is 1.06 bits per heavy atom. The molecule has 33 heavy (non-hydrogen) atoms. The summed E-state index contributed by atoms with van der Waals surface area (Å²) in [6, 6.07) is 19.5. The van der Waals surface area contributed by atoms with Crippen molar-refractivity contribution in [3.8, 4) is 5.75 Å². The lowest BCUT2D eigenvalue weighted by Gasteiger charge is -2.19. The van der Waals surface area contributed by atoms with Crippen LogP contribution in [0.15, 0.2) is 88.0 Å². The minimum Gasteiger partial charge on any atom is -0.508 e. The fourth-order valence-electron chi connectivity index (χ4n) is 3.31. The number of hydrogen-bond donors (Lipinski definition) is 2. The van der Waals surface area contributed by atoms with Gasteiger partial charge in [0.1, 0.15) is 5.75 Å². The maximum absolute atomic E-state index is 13.5. The Kier molecular flexibility index (Phi) is 6.65. The third kappa shape index (κ3) is 5.35. The molecule has 9 heteroatoms. The fourth-order valence-corrected chi connectivity index (χ4v) is 3.48. The number of hydrogen-bond acceptors (Lipinski definition) is 5. The van der Waals surface area contributed by atoms with Gasteiger partial charge in [-0.15, -0.1) is 0 Å². The lowest BCUT2D eigenvalue weighted by molar-refractivity contribution is -0.117. The number of alkyl halides is 2. The maximum Gasteiger partial charge on any atom is 0.280 e. The number of rotatable bonds is 6. The number of benzene rings is 3. The van der Waals surface area contributed by atoms with E-state index >= 15 is 0 Å². The second-order valence-corrected chi connectivity index (χ2v) is 7.95. The van der Waals surface area contributed by atoms with E-state index in [1.54, 1.807) is 36.4 Å². The van der Waals surface area contributed by atoms with Gasteiger partial charge in [0.25, 0.3) is 5.91 Å². The number of carbonyl (C=O) groups excluding carboxylic acids is 1. The molecule has 1 amide bonds. The van der Waals surface area contributed by atoms with Crippen molar-refractivity contribution >= 4 is 40.4 Å². The van der Waals surface area contributed by atoms with Crippen LogP contribution >= 0.6 is 11.6 Å². The van der Waals surface area contributed by atoms with E-state index in [0.29, 0.717) is 22.6 Å². The first-order valence-electron chi connectivity index (χ1n) is 10.2. The molecule has 0 saturated carbocycles. The van der Waals surface area contributed by atoms with Crippen LogP contribution in [0.2, 0.25) is 0 Å². The van der Waals surface area contributed by atoms with Crippen molar-refractivity contribution in [2.75, 3.05) is 5.01 Å². The van der Waals surface area contributed by atoms with E-state index < -0.39 is 17.6 Å². The highest BCUT2D eigenvalue weighted by Crippen LogP contribution is 2.28. The molecule has 3 aromatic carbocycles. The van der Waals surface area contributed by atoms with Crippen molar-refractivity contribution in [2.45, 2.75) is 25.0 Å². The van der Waals surface area contributed by atoms with E-state index in [9.17, 15) is 14.3 Å². The minimum atomic E-state index is -1.59. The molecule has 1 saturated heterocycles. The van der Waals surface area contributed by atoms with Crippen LogP contribution < -0.4 is 10.4 Å². The maximum atomic E-state index is 13.5. The van der Waals surface area contributed by atoms with Crippen LogP contribution in [0.5, 0.6) is 5.75 Å². The van der Waals surface area contributed by atoms with Crippen molar-refractivity contribution in [3.63, 3.8) is 0 Å². The number of aryl methyl sites for hydroxylation is 1.